The van der Waals surface area contributed by atoms with E-state index in [1.165, 1.54) is 0 Å². The Morgan fingerprint density at radius 1 is 1.22 bits per heavy atom. The van der Waals surface area contributed by atoms with E-state index in [1.807, 2.05) is 19.1 Å². The Balaban J connectivity index is 2.43. The first-order valence-corrected chi connectivity index (χ1v) is 9.10. The first kappa shape index (κ1) is 15.5. The molecular formula is C13H21NO2S2. The summed E-state index contributed by atoms with van der Waals surface area (Å²) in [6.45, 7) is 6.96. The summed E-state index contributed by atoms with van der Waals surface area (Å²) in [4.78, 5) is 0.398. The largest absolute Gasteiger partial charge is 0.315 e. The van der Waals surface area contributed by atoms with Gasteiger partial charge in [-0.25, -0.2) is 8.42 Å². The topological polar surface area (TPSA) is 46.2 Å². The minimum absolute atomic E-state index is 0.398. The highest BCUT2D eigenvalue weighted by Crippen LogP contribution is 2.23. The van der Waals surface area contributed by atoms with Crippen LogP contribution in [-0.4, -0.2) is 26.8 Å². The van der Waals surface area contributed by atoms with Crippen molar-refractivity contribution < 1.29 is 8.42 Å². The molecule has 0 heterocycles. The van der Waals surface area contributed by atoms with Gasteiger partial charge in [-0.2, -0.15) is 0 Å². The predicted octanol–water partition coefficient (Wildman–Crippen LogP) is 2.81. The molecule has 1 N–H and O–H groups in total. The van der Waals surface area contributed by atoms with Gasteiger partial charge < -0.3 is 5.32 Å². The Hall–Kier alpha value is -0.520. The highest BCUT2D eigenvalue weighted by atomic mass is 33.1. The zero-order valence-corrected chi connectivity index (χ0v) is 12.8. The molecule has 0 aliphatic carbocycles. The second-order valence-electron chi connectivity index (χ2n) is 4.55. The monoisotopic (exact) mass is 287 g/mol. The van der Waals surface area contributed by atoms with Crippen molar-refractivity contribution in [2.24, 2.45) is 0 Å². The maximum Gasteiger partial charge on any atom is 0.229 e. The van der Waals surface area contributed by atoms with Crippen molar-refractivity contribution in [3.63, 3.8) is 0 Å². The molecule has 3 nitrogen and oxygen atoms in total. The Labute approximate surface area is 114 Å². The van der Waals surface area contributed by atoms with Crippen molar-refractivity contribution >= 4 is 19.7 Å². The fourth-order valence-electron chi connectivity index (χ4n) is 1.40. The highest BCUT2D eigenvalue weighted by molar-refractivity contribution is 8.72. The number of benzene rings is 1. The maximum atomic E-state index is 12.0. The minimum Gasteiger partial charge on any atom is -0.315 e. The molecule has 0 bridgehead atoms. The zero-order valence-electron chi connectivity index (χ0n) is 11.1. The lowest BCUT2D eigenvalue weighted by Gasteiger charge is -2.07. The van der Waals surface area contributed by atoms with Crippen LogP contribution < -0.4 is 5.32 Å². The second kappa shape index (κ2) is 7.16. The van der Waals surface area contributed by atoms with Crippen LogP contribution in [0, 0.1) is 6.92 Å². The van der Waals surface area contributed by atoms with Crippen LogP contribution in [0.25, 0.3) is 0 Å². The van der Waals surface area contributed by atoms with Crippen molar-refractivity contribution in [3.05, 3.63) is 29.8 Å². The molecular weight excluding hydrogens is 266 g/mol. The van der Waals surface area contributed by atoms with Crippen LogP contribution in [0.4, 0.5) is 0 Å². The quantitative estimate of drug-likeness (QED) is 0.619. The Kier molecular flexibility index (Phi) is 6.18. The number of nitrogens with one attached hydrogen (secondary N) is 1. The average Bonchev–Trinajstić information content (AvgIpc) is 2.28. The number of hydrogen-bond acceptors (Lipinski definition) is 4. The SMILES string of the molecule is Cc1ccc(S(=O)(=O)SCCCNC(C)C)cc1. The summed E-state index contributed by atoms with van der Waals surface area (Å²) in [6, 6.07) is 7.44. The van der Waals surface area contributed by atoms with Crippen molar-refractivity contribution in [2.75, 3.05) is 12.3 Å². The normalized spacial score (nSPS) is 12.0. The standard InChI is InChI=1S/C13H21NO2S2/c1-11(2)14-9-4-10-17-18(15,16)13-7-5-12(3)6-8-13/h5-8,11,14H,4,9-10H2,1-3H3. The summed E-state index contributed by atoms with van der Waals surface area (Å²) in [5, 5.41) is 3.27. The lowest BCUT2D eigenvalue weighted by atomic mass is 10.2. The molecule has 0 atom stereocenters. The van der Waals surface area contributed by atoms with Crippen LogP contribution in [-0.2, 0) is 8.87 Å². The lowest BCUT2D eigenvalue weighted by molar-refractivity contribution is 0.585. The molecule has 0 aliphatic rings. The van der Waals surface area contributed by atoms with E-state index in [1.54, 1.807) is 12.1 Å². The highest BCUT2D eigenvalue weighted by Gasteiger charge is 2.14. The lowest BCUT2D eigenvalue weighted by Crippen LogP contribution is -2.24. The van der Waals surface area contributed by atoms with Crippen molar-refractivity contribution in [2.45, 2.75) is 38.1 Å². The van der Waals surface area contributed by atoms with Crippen LogP contribution in [0.1, 0.15) is 25.8 Å². The molecule has 1 rings (SSSR count). The molecule has 0 amide bonds. The summed E-state index contributed by atoms with van der Waals surface area (Å²) in [5.41, 5.74) is 1.07. The van der Waals surface area contributed by atoms with Crippen LogP contribution in [0.2, 0.25) is 0 Å². The Bertz CT molecular complexity index is 452. The van der Waals surface area contributed by atoms with E-state index >= 15 is 0 Å². The number of rotatable bonds is 7. The number of hydrogen-bond donors (Lipinski definition) is 1. The zero-order chi connectivity index (χ0) is 13.6. The van der Waals surface area contributed by atoms with Crippen LogP contribution >= 0.6 is 10.8 Å². The van der Waals surface area contributed by atoms with E-state index in [2.05, 4.69) is 19.2 Å². The number of aryl methyl sites for hydroxylation is 1. The van der Waals surface area contributed by atoms with Gasteiger partial charge in [0.05, 0.1) is 4.90 Å². The van der Waals surface area contributed by atoms with Crippen molar-refractivity contribution in [1.29, 1.82) is 0 Å². The van der Waals surface area contributed by atoms with Crippen LogP contribution in [0.5, 0.6) is 0 Å². The Morgan fingerprint density at radius 3 is 2.39 bits per heavy atom. The molecule has 0 aliphatic heterocycles. The average molecular weight is 287 g/mol. The smallest absolute Gasteiger partial charge is 0.229 e. The van der Waals surface area contributed by atoms with Gasteiger partial charge in [0.1, 0.15) is 0 Å². The van der Waals surface area contributed by atoms with Gasteiger partial charge in [0.2, 0.25) is 8.87 Å². The van der Waals surface area contributed by atoms with Crippen LogP contribution in [0.15, 0.2) is 29.2 Å². The summed E-state index contributed by atoms with van der Waals surface area (Å²) >= 11 is 0. The summed E-state index contributed by atoms with van der Waals surface area (Å²) in [7, 11) is -2.17. The predicted molar refractivity (Wildman–Crippen MR) is 78.6 cm³/mol. The molecule has 0 radical (unpaired) electrons. The fourth-order valence-corrected chi connectivity index (χ4v) is 4.25. The molecule has 1 aromatic rings. The van der Waals surface area contributed by atoms with E-state index in [-0.39, 0.29) is 0 Å². The van der Waals surface area contributed by atoms with Gasteiger partial charge in [0.15, 0.2) is 0 Å². The van der Waals surface area contributed by atoms with Gasteiger partial charge in [0.25, 0.3) is 0 Å². The third-order valence-corrected chi connectivity index (χ3v) is 6.05. The summed E-state index contributed by atoms with van der Waals surface area (Å²) in [6.07, 6.45) is 0.855. The van der Waals surface area contributed by atoms with Gasteiger partial charge in [0, 0.05) is 11.8 Å². The summed E-state index contributed by atoms with van der Waals surface area (Å²) < 4.78 is 24.0. The van der Waals surface area contributed by atoms with Gasteiger partial charge in [-0.1, -0.05) is 31.5 Å². The van der Waals surface area contributed by atoms with Crippen molar-refractivity contribution in [1.82, 2.24) is 5.32 Å². The molecule has 102 valence electrons. The first-order valence-electron chi connectivity index (χ1n) is 6.11. The van der Waals surface area contributed by atoms with Gasteiger partial charge >= 0.3 is 0 Å². The first-order chi connectivity index (χ1) is 8.42. The fraction of sp³-hybridized carbons (Fsp3) is 0.538. The van der Waals surface area contributed by atoms with Gasteiger partial charge in [-0.05, 0) is 42.8 Å². The molecule has 5 heteroatoms. The molecule has 0 fully saturated rings. The molecule has 18 heavy (non-hydrogen) atoms. The van der Waals surface area contributed by atoms with Crippen LogP contribution in [0.3, 0.4) is 0 Å². The van der Waals surface area contributed by atoms with Crippen molar-refractivity contribution in [3.8, 4) is 0 Å². The van der Waals surface area contributed by atoms with E-state index in [0.717, 1.165) is 29.3 Å². The third kappa shape index (κ3) is 5.42. The second-order valence-corrected chi connectivity index (χ2v) is 8.60. The van der Waals surface area contributed by atoms with Gasteiger partial charge in [-0.3, -0.25) is 0 Å². The molecule has 1 aromatic carbocycles. The minimum atomic E-state index is -3.19. The van der Waals surface area contributed by atoms with E-state index in [4.69, 9.17) is 0 Å². The molecule has 0 spiro atoms. The van der Waals surface area contributed by atoms with E-state index < -0.39 is 8.87 Å². The molecule has 0 saturated heterocycles. The van der Waals surface area contributed by atoms with Gasteiger partial charge in [-0.15, -0.1) is 0 Å². The summed E-state index contributed by atoms with van der Waals surface area (Å²) in [5.74, 6) is 0.621. The maximum absolute atomic E-state index is 12.0. The molecule has 0 unspecified atom stereocenters. The molecule has 0 aromatic heterocycles. The van der Waals surface area contributed by atoms with E-state index in [9.17, 15) is 8.42 Å². The third-order valence-electron chi connectivity index (χ3n) is 2.42. The Morgan fingerprint density at radius 2 is 1.83 bits per heavy atom. The van der Waals surface area contributed by atoms with E-state index in [0.29, 0.717) is 16.7 Å². The molecule has 0 saturated carbocycles.